The molecule has 2 N–H and O–H groups in total. The molecular formula is C20H24N4OS. The minimum atomic E-state index is 0.0805. The molecule has 2 heterocycles. The quantitative estimate of drug-likeness (QED) is 0.817. The first-order valence-corrected chi connectivity index (χ1v) is 9.77. The first-order valence-electron chi connectivity index (χ1n) is 9.32. The molecule has 0 spiro atoms. The second kappa shape index (κ2) is 7.37. The normalized spacial score (nSPS) is 23.0. The van der Waals surface area contributed by atoms with E-state index in [0.29, 0.717) is 23.3 Å². The molecule has 0 radical (unpaired) electrons. The van der Waals surface area contributed by atoms with E-state index in [1.807, 2.05) is 29.2 Å². The van der Waals surface area contributed by atoms with Gasteiger partial charge < -0.3 is 10.6 Å². The largest absolute Gasteiger partial charge is 0.335 e. The standard InChI is InChI=1S/C20H24N4OS/c21-11-13-4-6-15(7-5-13)24-9-8-18-17(20(24)25)12-22-19(23-18)14-2-1-3-16(26)10-14/h1-3,10,12-13,15,26H,4-9,11,21H2. The van der Waals surface area contributed by atoms with Crippen molar-refractivity contribution in [2.75, 3.05) is 13.1 Å². The molecule has 4 rings (SSSR count). The van der Waals surface area contributed by atoms with Crippen molar-refractivity contribution in [2.24, 2.45) is 11.7 Å². The van der Waals surface area contributed by atoms with E-state index in [1.165, 1.54) is 0 Å². The average molecular weight is 369 g/mol. The lowest BCUT2D eigenvalue weighted by atomic mass is 9.84. The molecule has 2 aromatic rings. The molecule has 0 unspecified atom stereocenters. The summed E-state index contributed by atoms with van der Waals surface area (Å²) in [6, 6.07) is 8.10. The van der Waals surface area contributed by atoms with E-state index in [-0.39, 0.29) is 5.91 Å². The number of nitrogens with zero attached hydrogens (tertiary/aromatic N) is 3. The topological polar surface area (TPSA) is 72.1 Å². The highest BCUT2D eigenvalue weighted by molar-refractivity contribution is 7.80. The highest BCUT2D eigenvalue weighted by Gasteiger charge is 2.33. The molecule has 1 aliphatic heterocycles. The smallest absolute Gasteiger partial charge is 0.257 e. The molecule has 1 saturated carbocycles. The van der Waals surface area contributed by atoms with E-state index >= 15 is 0 Å². The first kappa shape index (κ1) is 17.5. The van der Waals surface area contributed by atoms with Gasteiger partial charge in [-0.25, -0.2) is 9.97 Å². The molecule has 1 aromatic carbocycles. The van der Waals surface area contributed by atoms with Crippen LogP contribution in [0.2, 0.25) is 0 Å². The number of fused-ring (bicyclic) bond motifs is 1. The summed E-state index contributed by atoms with van der Waals surface area (Å²) in [5.41, 5.74) is 8.23. The van der Waals surface area contributed by atoms with Gasteiger partial charge in [0.15, 0.2) is 5.82 Å². The Balaban J connectivity index is 1.54. The van der Waals surface area contributed by atoms with E-state index in [2.05, 4.69) is 22.6 Å². The number of thiol groups is 1. The third kappa shape index (κ3) is 3.35. The van der Waals surface area contributed by atoms with Crippen LogP contribution in [-0.2, 0) is 6.42 Å². The molecule has 136 valence electrons. The van der Waals surface area contributed by atoms with Crippen LogP contribution in [0.5, 0.6) is 0 Å². The first-order chi connectivity index (χ1) is 12.7. The van der Waals surface area contributed by atoms with Gasteiger partial charge in [-0.1, -0.05) is 12.1 Å². The molecule has 1 aliphatic carbocycles. The van der Waals surface area contributed by atoms with Crippen molar-refractivity contribution in [1.82, 2.24) is 14.9 Å². The van der Waals surface area contributed by atoms with Crippen LogP contribution in [0.4, 0.5) is 0 Å². The van der Waals surface area contributed by atoms with Crippen molar-refractivity contribution in [1.29, 1.82) is 0 Å². The zero-order valence-electron chi connectivity index (χ0n) is 14.8. The molecule has 6 heteroatoms. The number of hydrogen-bond donors (Lipinski definition) is 2. The van der Waals surface area contributed by atoms with E-state index in [0.717, 1.165) is 61.3 Å². The number of carbonyl (C=O) groups excluding carboxylic acids is 1. The van der Waals surface area contributed by atoms with Gasteiger partial charge in [-0.15, -0.1) is 12.6 Å². The lowest BCUT2D eigenvalue weighted by Crippen LogP contribution is -2.46. The molecule has 26 heavy (non-hydrogen) atoms. The fraction of sp³-hybridized carbons (Fsp3) is 0.450. The monoisotopic (exact) mass is 368 g/mol. The van der Waals surface area contributed by atoms with Crippen molar-refractivity contribution in [3.63, 3.8) is 0 Å². The maximum atomic E-state index is 13.0. The average Bonchev–Trinajstić information content (AvgIpc) is 2.68. The number of rotatable bonds is 3. The van der Waals surface area contributed by atoms with Gasteiger partial charge in [-0.2, -0.15) is 0 Å². The Morgan fingerprint density at radius 2 is 2.04 bits per heavy atom. The third-order valence-electron chi connectivity index (χ3n) is 5.64. The predicted molar refractivity (Wildman–Crippen MR) is 104 cm³/mol. The fourth-order valence-corrected chi connectivity index (χ4v) is 4.32. The van der Waals surface area contributed by atoms with Crippen LogP contribution in [0.25, 0.3) is 11.4 Å². The van der Waals surface area contributed by atoms with Gasteiger partial charge >= 0.3 is 0 Å². The number of hydrogen-bond acceptors (Lipinski definition) is 5. The van der Waals surface area contributed by atoms with Crippen molar-refractivity contribution >= 4 is 18.5 Å². The van der Waals surface area contributed by atoms with Crippen LogP contribution >= 0.6 is 12.6 Å². The maximum Gasteiger partial charge on any atom is 0.257 e. The van der Waals surface area contributed by atoms with Gasteiger partial charge in [0.25, 0.3) is 5.91 Å². The van der Waals surface area contributed by atoms with Crippen LogP contribution in [-0.4, -0.2) is 39.9 Å². The number of aromatic nitrogens is 2. The molecule has 5 nitrogen and oxygen atoms in total. The van der Waals surface area contributed by atoms with Crippen LogP contribution in [0.1, 0.15) is 41.7 Å². The molecule has 1 fully saturated rings. The van der Waals surface area contributed by atoms with E-state index in [9.17, 15) is 4.79 Å². The summed E-state index contributed by atoms with van der Waals surface area (Å²) >= 11 is 4.38. The highest BCUT2D eigenvalue weighted by Crippen LogP contribution is 2.30. The van der Waals surface area contributed by atoms with Crippen molar-refractivity contribution < 1.29 is 4.79 Å². The molecule has 1 aromatic heterocycles. The van der Waals surface area contributed by atoms with Gasteiger partial charge in [0.1, 0.15) is 0 Å². The Kier molecular flexibility index (Phi) is 4.96. The Morgan fingerprint density at radius 1 is 1.23 bits per heavy atom. The summed E-state index contributed by atoms with van der Waals surface area (Å²) in [6.45, 7) is 1.50. The molecule has 2 aliphatic rings. The predicted octanol–water partition coefficient (Wildman–Crippen LogP) is 2.95. The van der Waals surface area contributed by atoms with Gasteiger partial charge in [-0.3, -0.25) is 4.79 Å². The summed E-state index contributed by atoms with van der Waals surface area (Å²) in [5, 5.41) is 0. The van der Waals surface area contributed by atoms with Crippen molar-refractivity contribution in [3.8, 4) is 11.4 Å². The molecular weight excluding hydrogens is 344 g/mol. The minimum absolute atomic E-state index is 0.0805. The maximum absolute atomic E-state index is 13.0. The molecule has 1 amide bonds. The van der Waals surface area contributed by atoms with Crippen molar-refractivity contribution in [2.45, 2.75) is 43.0 Å². The highest BCUT2D eigenvalue weighted by atomic mass is 32.1. The van der Waals surface area contributed by atoms with Crippen LogP contribution < -0.4 is 5.73 Å². The summed E-state index contributed by atoms with van der Waals surface area (Å²) in [6.07, 6.45) is 6.82. The zero-order chi connectivity index (χ0) is 18.1. The minimum Gasteiger partial charge on any atom is -0.335 e. The number of nitrogens with two attached hydrogens (primary N) is 1. The van der Waals surface area contributed by atoms with E-state index < -0.39 is 0 Å². The summed E-state index contributed by atoms with van der Waals surface area (Å²) in [7, 11) is 0. The fourth-order valence-electron chi connectivity index (χ4n) is 4.09. The Labute approximate surface area is 159 Å². The number of benzene rings is 1. The summed E-state index contributed by atoms with van der Waals surface area (Å²) in [5.74, 6) is 1.35. The lowest BCUT2D eigenvalue weighted by Gasteiger charge is -2.38. The Morgan fingerprint density at radius 3 is 2.77 bits per heavy atom. The van der Waals surface area contributed by atoms with Gasteiger partial charge in [0, 0.05) is 35.7 Å². The van der Waals surface area contributed by atoms with Crippen LogP contribution in [0, 0.1) is 5.92 Å². The number of amides is 1. The Bertz CT molecular complexity index is 817. The van der Waals surface area contributed by atoms with E-state index in [4.69, 9.17) is 5.73 Å². The lowest BCUT2D eigenvalue weighted by molar-refractivity contribution is 0.0589. The zero-order valence-corrected chi connectivity index (χ0v) is 15.7. The van der Waals surface area contributed by atoms with Gasteiger partial charge in [0.2, 0.25) is 0 Å². The van der Waals surface area contributed by atoms with Crippen molar-refractivity contribution in [3.05, 3.63) is 41.7 Å². The molecule has 0 saturated heterocycles. The van der Waals surface area contributed by atoms with Gasteiger partial charge in [0.05, 0.1) is 11.3 Å². The second-order valence-electron chi connectivity index (χ2n) is 7.26. The Hall–Kier alpha value is -1.92. The van der Waals surface area contributed by atoms with Crippen LogP contribution in [0.15, 0.2) is 35.4 Å². The second-order valence-corrected chi connectivity index (χ2v) is 7.78. The van der Waals surface area contributed by atoms with E-state index in [1.54, 1.807) is 6.20 Å². The third-order valence-corrected chi connectivity index (χ3v) is 5.92. The molecule has 0 bridgehead atoms. The summed E-state index contributed by atoms with van der Waals surface area (Å²) in [4.78, 5) is 25.0. The molecule has 0 atom stereocenters. The van der Waals surface area contributed by atoms with Gasteiger partial charge in [-0.05, 0) is 50.3 Å². The SMILES string of the molecule is NCC1CCC(N2CCc3nc(-c4cccc(S)c4)ncc3C2=O)CC1. The summed E-state index contributed by atoms with van der Waals surface area (Å²) < 4.78 is 0. The number of carbonyl (C=O) groups is 1. The van der Waals surface area contributed by atoms with Crippen LogP contribution in [0.3, 0.4) is 0 Å².